The van der Waals surface area contributed by atoms with E-state index in [1.165, 1.54) is 11.6 Å². The fourth-order valence-corrected chi connectivity index (χ4v) is 2.39. The molecule has 0 heterocycles. The molecule has 1 fully saturated rings. The smallest absolute Gasteiger partial charge is 0.328 e. The number of carbonyl (C=O) groups is 1. The van der Waals surface area contributed by atoms with Crippen LogP contribution in [0.25, 0.3) is 0 Å². The van der Waals surface area contributed by atoms with E-state index in [2.05, 4.69) is 0 Å². The van der Waals surface area contributed by atoms with Crippen LogP contribution in [-0.2, 0) is 4.79 Å². The number of phenolic OH excluding ortho intramolecular Hbond substituents is 1. The predicted octanol–water partition coefficient (Wildman–Crippen LogP) is 3.06. The molecule has 2 N–H and O–H groups in total. The van der Waals surface area contributed by atoms with Crippen molar-refractivity contribution in [2.45, 2.75) is 31.6 Å². The molecule has 17 heavy (non-hydrogen) atoms. The number of phenols is 1. The fourth-order valence-electron chi connectivity index (χ4n) is 2.39. The minimum absolute atomic E-state index is 0.288. The van der Waals surface area contributed by atoms with Crippen LogP contribution in [0, 0.1) is 0 Å². The SMILES string of the molecule is O=C(O)C=C1CCC(c2ccc(O)cc2)CC1. The number of hydrogen-bond donors (Lipinski definition) is 2. The number of allylic oxidation sites excluding steroid dienone is 1. The first-order valence-corrected chi connectivity index (χ1v) is 5.86. The lowest BCUT2D eigenvalue weighted by atomic mass is 9.81. The lowest BCUT2D eigenvalue weighted by molar-refractivity contribution is -0.131. The van der Waals surface area contributed by atoms with E-state index in [1.54, 1.807) is 12.1 Å². The molecule has 0 radical (unpaired) electrons. The van der Waals surface area contributed by atoms with Crippen LogP contribution in [0.5, 0.6) is 5.75 Å². The molecule has 0 aromatic heterocycles. The van der Waals surface area contributed by atoms with Crippen LogP contribution in [0.4, 0.5) is 0 Å². The molecule has 0 atom stereocenters. The number of aliphatic carboxylic acids is 1. The second-order valence-corrected chi connectivity index (χ2v) is 4.51. The molecule has 1 aliphatic rings. The van der Waals surface area contributed by atoms with Gasteiger partial charge in [-0.2, -0.15) is 0 Å². The molecule has 0 spiro atoms. The summed E-state index contributed by atoms with van der Waals surface area (Å²) in [4.78, 5) is 10.6. The van der Waals surface area contributed by atoms with E-state index in [4.69, 9.17) is 5.11 Å². The maximum Gasteiger partial charge on any atom is 0.328 e. The molecule has 0 aliphatic heterocycles. The Morgan fingerprint density at radius 1 is 1.18 bits per heavy atom. The van der Waals surface area contributed by atoms with E-state index in [-0.39, 0.29) is 5.75 Å². The molecule has 0 unspecified atom stereocenters. The second kappa shape index (κ2) is 5.04. The highest BCUT2D eigenvalue weighted by Gasteiger charge is 2.18. The van der Waals surface area contributed by atoms with Crippen LogP contribution in [0.2, 0.25) is 0 Å². The second-order valence-electron chi connectivity index (χ2n) is 4.51. The van der Waals surface area contributed by atoms with E-state index in [9.17, 15) is 9.90 Å². The summed E-state index contributed by atoms with van der Waals surface area (Å²) in [6, 6.07) is 7.31. The summed E-state index contributed by atoms with van der Waals surface area (Å²) < 4.78 is 0. The normalized spacial score (nSPS) is 20.0. The van der Waals surface area contributed by atoms with Gasteiger partial charge in [0.2, 0.25) is 0 Å². The Labute approximate surface area is 100 Å². The summed E-state index contributed by atoms with van der Waals surface area (Å²) in [5, 5.41) is 17.9. The van der Waals surface area contributed by atoms with E-state index < -0.39 is 5.97 Å². The fraction of sp³-hybridized carbons (Fsp3) is 0.357. The van der Waals surface area contributed by atoms with Gasteiger partial charge in [0.05, 0.1) is 0 Å². The van der Waals surface area contributed by atoms with E-state index in [0.717, 1.165) is 31.3 Å². The standard InChI is InChI=1S/C14H16O3/c15-13-7-5-12(6-8-13)11-3-1-10(2-4-11)9-14(16)17/h5-9,11,15H,1-4H2,(H,16,17). The third kappa shape index (κ3) is 3.09. The van der Waals surface area contributed by atoms with Crippen molar-refractivity contribution in [3.8, 4) is 5.75 Å². The Hall–Kier alpha value is -1.77. The van der Waals surface area contributed by atoms with E-state index in [1.807, 2.05) is 12.1 Å². The Kier molecular flexibility index (Phi) is 3.47. The van der Waals surface area contributed by atoms with Gasteiger partial charge >= 0.3 is 5.97 Å². The van der Waals surface area contributed by atoms with Crippen LogP contribution >= 0.6 is 0 Å². The monoisotopic (exact) mass is 232 g/mol. The zero-order valence-electron chi connectivity index (χ0n) is 9.60. The van der Waals surface area contributed by atoms with Crippen LogP contribution < -0.4 is 0 Å². The van der Waals surface area contributed by atoms with Crippen molar-refractivity contribution in [2.75, 3.05) is 0 Å². The van der Waals surface area contributed by atoms with Crippen LogP contribution in [0.1, 0.15) is 37.2 Å². The molecule has 1 aliphatic carbocycles. The van der Waals surface area contributed by atoms with Crippen molar-refractivity contribution in [1.82, 2.24) is 0 Å². The molecule has 1 saturated carbocycles. The summed E-state index contributed by atoms with van der Waals surface area (Å²) in [7, 11) is 0. The zero-order valence-corrected chi connectivity index (χ0v) is 9.60. The first kappa shape index (κ1) is 11.7. The molecule has 0 saturated heterocycles. The Balaban J connectivity index is 1.99. The average molecular weight is 232 g/mol. The Morgan fingerprint density at radius 3 is 2.29 bits per heavy atom. The summed E-state index contributed by atoms with van der Waals surface area (Å²) in [6.07, 6.45) is 5.04. The molecular formula is C14H16O3. The van der Waals surface area contributed by atoms with Gasteiger partial charge in [0.1, 0.15) is 5.75 Å². The van der Waals surface area contributed by atoms with Gasteiger partial charge in [-0.05, 0) is 49.3 Å². The van der Waals surface area contributed by atoms with Crippen molar-refractivity contribution in [3.63, 3.8) is 0 Å². The van der Waals surface area contributed by atoms with E-state index in [0.29, 0.717) is 5.92 Å². The van der Waals surface area contributed by atoms with E-state index >= 15 is 0 Å². The van der Waals surface area contributed by atoms with Crippen molar-refractivity contribution in [3.05, 3.63) is 41.5 Å². The van der Waals surface area contributed by atoms with Crippen molar-refractivity contribution in [1.29, 1.82) is 0 Å². The molecule has 3 nitrogen and oxygen atoms in total. The highest BCUT2D eigenvalue weighted by Crippen LogP contribution is 2.35. The summed E-state index contributed by atoms with van der Waals surface area (Å²) in [5.41, 5.74) is 2.27. The van der Waals surface area contributed by atoms with Crippen molar-refractivity contribution >= 4 is 5.97 Å². The van der Waals surface area contributed by atoms with Crippen LogP contribution in [-0.4, -0.2) is 16.2 Å². The Bertz CT molecular complexity index is 421. The van der Waals surface area contributed by atoms with Crippen molar-refractivity contribution < 1.29 is 15.0 Å². The van der Waals surface area contributed by atoms with Gasteiger partial charge in [-0.3, -0.25) is 0 Å². The molecular weight excluding hydrogens is 216 g/mol. The number of benzene rings is 1. The van der Waals surface area contributed by atoms with Gasteiger partial charge in [0.15, 0.2) is 0 Å². The Morgan fingerprint density at radius 2 is 1.76 bits per heavy atom. The summed E-state index contributed by atoms with van der Waals surface area (Å²) in [5.74, 6) is -0.0688. The molecule has 3 heteroatoms. The van der Waals surface area contributed by atoms with Gasteiger partial charge in [-0.1, -0.05) is 17.7 Å². The number of rotatable bonds is 2. The maximum atomic E-state index is 10.6. The highest BCUT2D eigenvalue weighted by molar-refractivity contribution is 5.80. The number of carboxylic acid groups (broad SMARTS) is 1. The summed E-state index contributed by atoms with van der Waals surface area (Å²) >= 11 is 0. The molecule has 0 amide bonds. The van der Waals surface area contributed by atoms with Gasteiger partial charge in [0.25, 0.3) is 0 Å². The van der Waals surface area contributed by atoms with Gasteiger partial charge in [0, 0.05) is 6.08 Å². The largest absolute Gasteiger partial charge is 0.508 e. The molecule has 2 rings (SSSR count). The zero-order chi connectivity index (χ0) is 12.3. The average Bonchev–Trinajstić information content (AvgIpc) is 2.30. The lowest BCUT2D eigenvalue weighted by Gasteiger charge is -2.24. The van der Waals surface area contributed by atoms with Crippen LogP contribution in [0.3, 0.4) is 0 Å². The van der Waals surface area contributed by atoms with Gasteiger partial charge in [-0.15, -0.1) is 0 Å². The van der Waals surface area contributed by atoms with Crippen LogP contribution in [0.15, 0.2) is 35.9 Å². The number of aromatic hydroxyl groups is 1. The topological polar surface area (TPSA) is 57.5 Å². The molecule has 0 bridgehead atoms. The lowest BCUT2D eigenvalue weighted by Crippen LogP contribution is -2.07. The first-order valence-electron chi connectivity index (χ1n) is 5.86. The molecule has 90 valence electrons. The number of carboxylic acids is 1. The van der Waals surface area contributed by atoms with Crippen molar-refractivity contribution in [2.24, 2.45) is 0 Å². The molecule has 1 aromatic rings. The quantitative estimate of drug-likeness (QED) is 0.770. The minimum Gasteiger partial charge on any atom is -0.508 e. The third-order valence-electron chi connectivity index (χ3n) is 3.32. The predicted molar refractivity (Wildman–Crippen MR) is 65.0 cm³/mol. The number of hydrogen-bond acceptors (Lipinski definition) is 2. The third-order valence-corrected chi connectivity index (χ3v) is 3.32. The highest BCUT2D eigenvalue weighted by atomic mass is 16.4. The first-order chi connectivity index (χ1) is 8.15. The van der Waals surface area contributed by atoms with Gasteiger partial charge in [-0.25, -0.2) is 4.79 Å². The van der Waals surface area contributed by atoms with Gasteiger partial charge < -0.3 is 10.2 Å². The molecule has 1 aromatic carbocycles. The minimum atomic E-state index is -0.844. The summed E-state index contributed by atoms with van der Waals surface area (Å²) in [6.45, 7) is 0. The maximum absolute atomic E-state index is 10.6.